The molecule has 1 aliphatic heterocycles. The van der Waals surface area contributed by atoms with Gasteiger partial charge in [-0.3, -0.25) is 9.59 Å². The number of fused-ring (bicyclic) bond motifs is 1. The number of methoxy groups -OCH3 is 1. The van der Waals surface area contributed by atoms with Crippen LogP contribution in [0.1, 0.15) is 16.2 Å². The fourth-order valence-corrected chi connectivity index (χ4v) is 4.25. The van der Waals surface area contributed by atoms with Crippen LogP contribution < -0.4 is 9.64 Å². The molecule has 0 aromatic carbocycles. The highest BCUT2D eigenvalue weighted by Gasteiger charge is 2.31. The Labute approximate surface area is 207 Å². The summed E-state index contributed by atoms with van der Waals surface area (Å²) in [5.74, 6) is 0.513. The van der Waals surface area contributed by atoms with Crippen molar-refractivity contribution in [3.05, 3.63) is 42.6 Å². The van der Waals surface area contributed by atoms with E-state index in [4.69, 9.17) is 9.15 Å². The minimum absolute atomic E-state index is 0.188. The van der Waals surface area contributed by atoms with Crippen molar-refractivity contribution in [3.63, 3.8) is 0 Å². The standard InChI is InChI=1S/C21H20N12O4/c1-12-25-11-32(27-12)18-16-15(14(36-2)10-24-18)13(9-23-16)17(34)19(35)30-4-6-31(7-5-30)20-26-28-29-33(20)21-22-3-8-37-21/h3,8-11,23H,4-7H2,1-2H3. The van der Waals surface area contributed by atoms with Crippen LogP contribution in [0.25, 0.3) is 22.7 Å². The Kier molecular flexibility index (Phi) is 5.32. The highest BCUT2D eigenvalue weighted by atomic mass is 16.5. The molecule has 6 heterocycles. The lowest BCUT2D eigenvalue weighted by Crippen LogP contribution is -2.51. The van der Waals surface area contributed by atoms with Gasteiger partial charge in [0.05, 0.1) is 36.0 Å². The summed E-state index contributed by atoms with van der Waals surface area (Å²) >= 11 is 0. The van der Waals surface area contributed by atoms with Crippen molar-refractivity contribution in [1.82, 2.24) is 54.8 Å². The first kappa shape index (κ1) is 22.3. The van der Waals surface area contributed by atoms with Gasteiger partial charge in [-0.15, -0.1) is 4.68 Å². The normalized spacial score (nSPS) is 13.9. The van der Waals surface area contributed by atoms with Gasteiger partial charge in [0.25, 0.3) is 17.6 Å². The molecule has 0 unspecified atom stereocenters. The molecule has 1 N–H and O–H groups in total. The summed E-state index contributed by atoms with van der Waals surface area (Å²) in [6, 6.07) is 0.233. The first-order valence-corrected chi connectivity index (χ1v) is 11.2. The molecule has 16 nitrogen and oxygen atoms in total. The number of aryl methyl sites for hydroxylation is 1. The molecule has 0 bridgehead atoms. The van der Waals surface area contributed by atoms with Crippen LogP contribution in [0, 0.1) is 6.92 Å². The molecule has 0 saturated carbocycles. The van der Waals surface area contributed by atoms with E-state index < -0.39 is 11.7 Å². The number of oxazole rings is 1. The number of piperazine rings is 1. The molecule has 37 heavy (non-hydrogen) atoms. The lowest BCUT2D eigenvalue weighted by molar-refractivity contribution is -0.126. The lowest BCUT2D eigenvalue weighted by Gasteiger charge is -2.34. The molecular formula is C21H20N12O4. The van der Waals surface area contributed by atoms with Crippen LogP contribution >= 0.6 is 0 Å². The number of anilines is 1. The number of carbonyl (C=O) groups is 2. The van der Waals surface area contributed by atoms with Crippen molar-refractivity contribution in [2.75, 3.05) is 38.2 Å². The van der Waals surface area contributed by atoms with Gasteiger partial charge in [0.2, 0.25) is 0 Å². The zero-order chi connectivity index (χ0) is 25.5. The average Bonchev–Trinajstić information content (AvgIpc) is 3.73. The fourth-order valence-electron chi connectivity index (χ4n) is 4.25. The summed E-state index contributed by atoms with van der Waals surface area (Å²) < 4.78 is 13.6. The van der Waals surface area contributed by atoms with Crippen molar-refractivity contribution in [2.24, 2.45) is 0 Å². The van der Waals surface area contributed by atoms with E-state index in [1.807, 2.05) is 4.90 Å². The van der Waals surface area contributed by atoms with Crippen molar-refractivity contribution in [1.29, 1.82) is 0 Å². The van der Waals surface area contributed by atoms with Gasteiger partial charge in [0.1, 0.15) is 24.2 Å². The van der Waals surface area contributed by atoms with E-state index in [2.05, 4.69) is 40.6 Å². The molecule has 0 radical (unpaired) electrons. The number of rotatable bonds is 6. The molecule has 1 fully saturated rings. The molecule has 1 amide bonds. The average molecular weight is 504 g/mol. The van der Waals surface area contributed by atoms with E-state index in [1.165, 1.54) is 52.6 Å². The number of aromatic amines is 1. The van der Waals surface area contributed by atoms with E-state index in [9.17, 15) is 9.59 Å². The van der Waals surface area contributed by atoms with Gasteiger partial charge in [0, 0.05) is 32.4 Å². The van der Waals surface area contributed by atoms with Crippen LogP contribution in [0.5, 0.6) is 5.75 Å². The van der Waals surface area contributed by atoms with E-state index in [-0.39, 0.29) is 11.6 Å². The number of H-pyrrole nitrogens is 1. The second kappa shape index (κ2) is 8.81. The zero-order valence-electron chi connectivity index (χ0n) is 19.8. The number of ether oxygens (including phenoxy) is 1. The van der Waals surface area contributed by atoms with E-state index in [1.54, 1.807) is 6.92 Å². The minimum Gasteiger partial charge on any atom is -0.494 e. The monoisotopic (exact) mass is 504 g/mol. The SMILES string of the molecule is COc1cnc(-n2cnc(C)n2)c2[nH]cc(C(=O)C(=O)N3CCN(c4nnnn4-c4ncco4)CC3)c12. The van der Waals surface area contributed by atoms with Gasteiger partial charge in [-0.25, -0.2) is 19.6 Å². The Bertz CT molecular complexity index is 1590. The largest absolute Gasteiger partial charge is 0.494 e. The number of pyridine rings is 1. The number of nitrogens with zero attached hydrogens (tertiary/aromatic N) is 11. The third-order valence-corrected chi connectivity index (χ3v) is 6.04. The first-order valence-electron chi connectivity index (χ1n) is 11.2. The first-order chi connectivity index (χ1) is 18.0. The van der Waals surface area contributed by atoms with Gasteiger partial charge in [-0.05, 0) is 17.4 Å². The third-order valence-electron chi connectivity index (χ3n) is 6.04. The third kappa shape index (κ3) is 3.74. The summed E-state index contributed by atoms with van der Waals surface area (Å²) in [6.45, 7) is 3.18. The number of ketones is 1. The number of amides is 1. The summed E-state index contributed by atoms with van der Waals surface area (Å²) in [4.78, 5) is 45.6. The van der Waals surface area contributed by atoms with Gasteiger partial charge in [-0.1, -0.05) is 5.10 Å². The molecule has 5 aromatic rings. The number of carbonyl (C=O) groups excluding carboxylic acids is 2. The van der Waals surface area contributed by atoms with Crippen LogP contribution in [0.4, 0.5) is 5.95 Å². The molecule has 0 spiro atoms. The molecule has 16 heteroatoms. The second-order valence-electron chi connectivity index (χ2n) is 8.15. The topological polar surface area (TPSA) is 179 Å². The number of Topliss-reactive ketones (excluding diaryl/α,β-unsaturated/α-hetero) is 1. The Hall–Kier alpha value is -5.15. The van der Waals surface area contributed by atoms with Crippen molar-refractivity contribution >= 4 is 28.5 Å². The second-order valence-corrected chi connectivity index (χ2v) is 8.15. The molecule has 6 rings (SSSR count). The summed E-state index contributed by atoms with van der Waals surface area (Å²) in [5.41, 5.74) is 0.691. The molecule has 0 aliphatic carbocycles. The molecule has 188 valence electrons. The number of nitrogens with one attached hydrogen (secondary N) is 1. The maximum atomic E-state index is 13.4. The van der Waals surface area contributed by atoms with Gasteiger partial charge in [0.15, 0.2) is 5.82 Å². The van der Waals surface area contributed by atoms with Crippen LogP contribution in [-0.4, -0.2) is 99.8 Å². The van der Waals surface area contributed by atoms with Gasteiger partial charge < -0.3 is 23.9 Å². The summed E-state index contributed by atoms with van der Waals surface area (Å²) in [5, 5.41) is 16.4. The maximum absolute atomic E-state index is 13.4. The number of aromatic nitrogens is 10. The Morgan fingerprint density at radius 1 is 1.14 bits per heavy atom. The molecule has 1 saturated heterocycles. The Morgan fingerprint density at radius 3 is 2.68 bits per heavy atom. The van der Waals surface area contributed by atoms with E-state index >= 15 is 0 Å². The molecular weight excluding hydrogens is 484 g/mol. The van der Waals surface area contributed by atoms with Gasteiger partial charge >= 0.3 is 6.01 Å². The van der Waals surface area contributed by atoms with Crippen molar-refractivity contribution in [2.45, 2.75) is 6.92 Å². The Balaban J connectivity index is 1.23. The van der Waals surface area contributed by atoms with Crippen LogP contribution in [0.3, 0.4) is 0 Å². The number of tetrazole rings is 1. The number of hydrogen-bond donors (Lipinski definition) is 1. The van der Waals surface area contributed by atoms with Crippen LogP contribution in [-0.2, 0) is 4.79 Å². The summed E-state index contributed by atoms with van der Waals surface area (Å²) in [6.07, 6.45) is 7.42. The lowest BCUT2D eigenvalue weighted by atomic mass is 10.1. The maximum Gasteiger partial charge on any atom is 0.327 e. The summed E-state index contributed by atoms with van der Waals surface area (Å²) in [7, 11) is 1.48. The predicted octanol–water partition coefficient (Wildman–Crippen LogP) is -0.0442. The van der Waals surface area contributed by atoms with Crippen LogP contribution in [0.15, 0.2) is 35.6 Å². The quantitative estimate of drug-likeness (QED) is 0.241. The Morgan fingerprint density at radius 2 is 1.97 bits per heavy atom. The van der Waals surface area contributed by atoms with E-state index in [0.29, 0.717) is 60.4 Å². The highest BCUT2D eigenvalue weighted by Crippen LogP contribution is 2.32. The molecule has 1 aliphatic rings. The van der Waals surface area contributed by atoms with Crippen molar-refractivity contribution in [3.8, 4) is 17.6 Å². The van der Waals surface area contributed by atoms with Gasteiger partial charge in [-0.2, -0.15) is 5.10 Å². The van der Waals surface area contributed by atoms with E-state index in [0.717, 1.165) is 0 Å². The predicted molar refractivity (Wildman–Crippen MR) is 125 cm³/mol. The zero-order valence-corrected chi connectivity index (χ0v) is 19.8. The molecule has 0 atom stereocenters. The smallest absolute Gasteiger partial charge is 0.327 e. The van der Waals surface area contributed by atoms with Crippen molar-refractivity contribution < 1.29 is 18.7 Å². The minimum atomic E-state index is -0.658. The van der Waals surface area contributed by atoms with Crippen LogP contribution in [0.2, 0.25) is 0 Å². The highest BCUT2D eigenvalue weighted by molar-refractivity contribution is 6.45. The fraction of sp³-hybridized carbons (Fsp3) is 0.286. The number of hydrogen-bond acceptors (Lipinski definition) is 12. The molecule has 5 aromatic heterocycles.